The van der Waals surface area contributed by atoms with Gasteiger partial charge in [0, 0.05) is 12.8 Å². The second kappa shape index (κ2) is 37.8. The van der Waals surface area contributed by atoms with Crippen LogP contribution in [0.3, 0.4) is 0 Å². The predicted octanol–water partition coefficient (Wildman–Crippen LogP) is 13.5. The molecule has 4 nitrogen and oxygen atoms in total. The van der Waals surface area contributed by atoms with Gasteiger partial charge < -0.3 is 9.84 Å². The van der Waals surface area contributed by atoms with Gasteiger partial charge in [0.15, 0.2) is 0 Å². The summed E-state index contributed by atoms with van der Waals surface area (Å²) in [6.07, 6.45) is 53.5. The lowest BCUT2D eigenvalue weighted by molar-refractivity contribution is -0.149. The van der Waals surface area contributed by atoms with Crippen molar-refractivity contribution in [2.75, 3.05) is 0 Å². The number of carbonyl (C=O) groups excluding carboxylic acids is 1. The molecule has 0 bridgehead atoms. The van der Waals surface area contributed by atoms with Gasteiger partial charge >= 0.3 is 11.9 Å². The molecule has 0 aliphatic rings. The molecule has 0 rings (SSSR count). The van der Waals surface area contributed by atoms with Crippen LogP contribution in [0.1, 0.15) is 181 Å². The van der Waals surface area contributed by atoms with Crippen LogP contribution in [0.15, 0.2) is 72.9 Å². The standard InChI is InChI=1S/C43H72O4/c1-3-5-7-9-11-13-15-16-17-18-19-20-21-22-23-25-27-32-36-40-43(46)47-41(38-34-30-28-31-35-39-42(44)45)37-33-29-26-24-14-12-10-8-6-4-2/h5,7,11,13,16-17,19-20,22-23,27,32,41H,3-4,6,8-10,12,14-15,18,21,24-26,28-31,33-40H2,1-2H3,(H,44,45)/b7-5-,13-11-,17-16-,20-19-,23-22-,32-27-. The Bertz CT molecular complexity index is 876. The van der Waals surface area contributed by atoms with E-state index in [4.69, 9.17) is 9.84 Å². The Balaban J connectivity index is 4.18. The topological polar surface area (TPSA) is 63.6 Å². The number of allylic oxidation sites excluding steroid dienone is 12. The monoisotopic (exact) mass is 653 g/mol. The highest BCUT2D eigenvalue weighted by Gasteiger charge is 2.14. The maximum atomic E-state index is 12.6. The molecule has 0 aliphatic heterocycles. The molecule has 0 aromatic carbocycles. The van der Waals surface area contributed by atoms with Crippen LogP contribution in [0.2, 0.25) is 0 Å². The van der Waals surface area contributed by atoms with Gasteiger partial charge in [-0.2, -0.15) is 0 Å². The summed E-state index contributed by atoms with van der Waals surface area (Å²) in [6.45, 7) is 4.42. The van der Waals surface area contributed by atoms with Crippen molar-refractivity contribution in [2.24, 2.45) is 0 Å². The lowest BCUT2D eigenvalue weighted by atomic mass is 10.0. The Morgan fingerprint density at radius 3 is 1.30 bits per heavy atom. The SMILES string of the molecule is CC/C=C\C/C=C\C/C=C\C/C=C\C/C=C\C/C=C\CCC(=O)OC(CCCCCCCCCCCC)CCCCCCCC(=O)O. The summed E-state index contributed by atoms with van der Waals surface area (Å²) in [5, 5.41) is 8.81. The molecule has 1 unspecified atom stereocenters. The molecule has 0 aromatic rings. The number of rotatable bonds is 34. The van der Waals surface area contributed by atoms with E-state index in [9.17, 15) is 9.59 Å². The molecule has 0 aromatic heterocycles. The van der Waals surface area contributed by atoms with Crippen molar-refractivity contribution in [3.63, 3.8) is 0 Å². The molecule has 0 saturated heterocycles. The van der Waals surface area contributed by atoms with Crippen LogP contribution in [0.25, 0.3) is 0 Å². The lowest BCUT2D eigenvalue weighted by Crippen LogP contribution is -2.18. The van der Waals surface area contributed by atoms with Crippen LogP contribution < -0.4 is 0 Å². The molecule has 0 aliphatic carbocycles. The third-order valence-electron chi connectivity index (χ3n) is 8.21. The number of ether oxygens (including phenoxy) is 1. The van der Waals surface area contributed by atoms with Gasteiger partial charge in [0.1, 0.15) is 6.10 Å². The van der Waals surface area contributed by atoms with E-state index in [2.05, 4.69) is 86.8 Å². The van der Waals surface area contributed by atoms with E-state index in [1.54, 1.807) is 0 Å². The van der Waals surface area contributed by atoms with Crippen molar-refractivity contribution in [1.82, 2.24) is 0 Å². The molecule has 0 radical (unpaired) electrons. The van der Waals surface area contributed by atoms with E-state index in [1.165, 1.54) is 57.8 Å². The van der Waals surface area contributed by atoms with Crippen molar-refractivity contribution < 1.29 is 19.4 Å². The Hall–Kier alpha value is -2.62. The smallest absolute Gasteiger partial charge is 0.306 e. The average molecular weight is 653 g/mol. The molecule has 0 amide bonds. The zero-order chi connectivity index (χ0) is 34.3. The van der Waals surface area contributed by atoms with Gasteiger partial charge in [0.05, 0.1) is 0 Å². The summed E-state index contributed by atoms with van der Waals surface area (Å²) in [5.41, 5.74) is 0. The molecule has 0 spiro atoms. The summed E-state index contributed by atoms with van der Waals surface area (Å²) < 4.78 is 5.95. The van der Waals surface area contributed by atoms with E-state index in [0.29, 0.717) is 6.42 Å². The van der Waals surface area contributed by atoms with E-state index >= 15 is 0 Å². The Morgan fingerprint density at radius 2 is 0.872 bits per heavy atom. The summed E-state index contributed by atoms with van der Waals surface area (Å²) in [5.74, 6) is -0.791. The second-order valence-corrected chi connectivity index (χ2v) is 12.7. The van der Waals surface area contributed by atoms with Gasteiger partial charge in [-0.1, -0.05) is 164 Å². The minimum absolute atomic E-state index is 0.0147. The zero-order valence-corrected chi connectivity index (χ0v) is 30.6. The van der Waals surface area contributed by atoms with Gasteiger partial charge in [0.25, 0.3) is 0 Å². The van der Waals surface area contributed by atoms with Crippen molar-refractivity contribution in [2.45, 2.75) is 187 Å². The van der Waals surface area contributed by atoms with Gasteiger partial charge in [0.2, 0.25) is 0 Å². The van der Waals surface area contributed by atoms with Crippen molar-refractivity contribution in [3.05, 3.63) is 72.9 Å². The van der Waals surface area contributed by atoms with Gasteiger partial charge in [-0.15, -0.1) is 0 Å². The second-order valence-electron chi connectivity index (χ2n) is 12.7. The van der Waals surface area contributed by atoms with Gasteiger partial charge in [-0.25, -0.2) is 0 Å². The van der Waals surface area contributed by atoms with Crippen molar-refractivity contribution >= 4 is 11.9 Å². The maximum absolute atomic E-state index is 12.6. The molecule has 0 fully saturated rings. The molecule has 268 valence electrons. The number of esters is 1. The third kappa shape index (κ3) is 37.7. The molecule has 0 heterocycles. The Labute approximate surface area is 290 Å². The van der Waals surface area contributed by atoms with Crippen LogP contribution in [-0.4, -0.2) is 23.1 Å². The molecule has 0 saturated carbocycles. The third-order valence-corrected chi connectivity index (χ3v) is 8.21. The first-order valence-corrected chi connectivity index (χ1v) is 19.4. The largest absolute Gasteiger partial charge is 0.481 e. The first-order valence-electron chi connectivity index (χ1n) is 19.4. The van der Waals surface area contributed by atoms with E-state index in [0.717, 1.165) is 96.3 Å². The number of hydrogen-bond donors (Lipinski definition) is 1. The lowest BCUT2D eigenvalue weighted by Gasteiger charge is -2.18. The molecule has 4 heteroatoms. The Morgan fingerprint density at radius 1 is 0.489 bits per heavy atom. The van der Waals surface area contributed by atoms with Crippen LogP contribution in [0.4, 0.5) is 0 Å². The van der Waals surface area contributed by atoms with Gasteiger partial charge in [-0.3, -0.25) is 9.59 Å². The van der Waals surface area contributed by atoms with Crippen molar-refractivity contribution in [1.29, 1.82) is 0 Å². The summed E-state index contributed by atoms with van der Waals surface area (Å²) in [7, 11) is 0. The van der Waals surface area contributed by atoms with Crippen LogP contribution in [0.5, 0.6) is 0 Å². The summed E-state index contributed by atoms with van der Waals surface area (Å²) >= 11 is 0. The molecule has 47 heavy (non-hydrogen) atoms. The predicted molar refractivity (Wildman–Crippen MR) is 204 cm³/mol. The summed E-state index contributed by atoms with van der Waals surface area (Å²) in [4.78, 5) is 23.3. The minimum atomic E-state index is -0.711. The fourth-order valence-corrected chi connectivity index (χ4v) is 5.39. The molecular weight excluding hydrogens is 580 g/mol. The number of carboxylic acid groups (broad SMARTS) is 1. The highest BCUT2D eigenvalue weighted by molar-refractivity contribution is 5.69. The highest BCUT2D eigenvalue weighted by Crippen LogP contribution is 2.18. The quantitative estimate of drug-likeness (QED) is 0.0427. The van der Waals surface area contributed by atoms with Crippen molar-refractivity contribution in [3.8, 4) is 0 Å². The normalized spacial score (nSPS) is 13.1. The minimum Gasteiger partial charge on any atom is -0.481 e. The zero-order valence-electron chi connectivity index (χ0n) is 30.6. The maximum Gasteiger partial charge on any atom is 0.306 e. The van der Waals surface area contributed by atoms with E-state index < -0.39 is 5.97 Å². The molecule has 1 N–H and O–H groups in total. The number of carbonyl (C=O) groups is 2. The highest BCUT2D eigenvalue weighted by atomic mass is 16.5. The number of hydrogen-bond acceptors (Lipinski definition) is 3. The Kier molecular flexibility index (Phi) is 35.7. The first kappa shape index (κ1) is 44.4. The summed E-state index contributed by atoms with van der Waals surface area (Å²) in [6, 6.07) is 0. The van der Waals surface area contributed by atoms with Gasteiger partial charge in [-0.05, 0) is 77.0 Å². The first-order chi connectivity index (χ1) is 23.1. The number of unbranched alkanes of at least 4 members (excludes halogenated alkanes) is 13. The average Bonchev–Trinajstić information content (AvgIpc) is 3.05. The fraction of sp³-hybridized carbons (Fsp3) is 0.674. The van der Waals surface area contributed by atoms with E-state index in [-0.39, 0.29) is 18.5 Å². The van der Waals surface area contributed by atoms with Crippen LogP contribution in [0, 0.1) is 0 Å². The number of carboxylic acids is 1. The number of aliphatic carboxylic acids is 1. The van der Waals surface area contributed by atoms with Crippen LogP contribution in [-0.2, 0) is 14.3 Å². The van der Waals surface area contributed by atoms with Crippen LogP contribution >= 0.6 is 0 Å². The molecular formula is C43H72O4. The molecule has 1 atom stereocenters. The van der Waals surface area contributed by atoms with E-state index in [1.807, 2.05) is 0 Å². The fourth-order valence-electron chi connectivity index (χ4n) is 5.39.